The number of rotatable bonds is 5. The van der Waals surface area contributed by atoms with Gasteiger partial charge in [0.25, 0.3) is 0 Å². The maximum absolute atomic E-state index is 13.4. The SMILES string of the molecule is CC(C(=O)Nc1ccc(Br)cc1)N(c1cccc(F)c1)S(C)(=O)=O. The van der Waals surface area contributed by atoms with Crippen LogP contribution in [0, 0.1) is 5.82 Å². The van der Waals surface area contributed by atoms with E-state index in [2.05, 4.69) is 21.2 Å². The van der Waals surface area contributed by atoms with Gasteiger partial charge in [0.05, 0.1) is 11.9 Å². The second-order valence-corrected chi connectivity index (χ2v) is 7.99. The zero-order valence-corrected chi connectivity index (χ0v) is 15.4. The summed E-state index contributed by atoms with van der Waals surface area (Å²) in [5, 5.41) is 2.65. The van der Waals surface area contributed by atoms with Crippen LogP contribution in [0.5, 0.6) is 0 Å². The Labute approximate surface area is 148 Å². The number of hydrogen-bond donors (Lipinski definition) is 1. The van der Waals surface area contributed by atoms with Gasteiger partial charge in [0, 0.05) is 10.2 Å². The molecule has 0 heterocycles. The number of amides is 1. The molecule has 1 atom stereocenters. The van der Waals surface area contributed by atoms with Crippen LogP contribution >= 0.6 is 15.9 Å². The number of nitrogens with zero attached hydrogens (tertiary/aromatic N) is 1. The zero-order valence-electron chi connectivity index (χ0n) is 13.0. The molecule has 0 saturated heterocycles. The van der Waals surface area contributed by atoms with Crippen LogP contribution < -0.4 is 9.62 Å². The Morgan fingerprint density at radius 1 is 1.21 bits per heavy atom. The first kappa shape index (κ1) is 18.4. The highest BCUT2D eigenvalue weighted by atomic mass is 79.9. The quantitative estimate of drug-likeness (QED) is 0.815. The van der Waals surface area contributed by atoms with Crippen molar-refractivity contribution in [2.45, 2.75) is 13.0 Å². The third-order valence-electron chi connectivity index (χ3n) is 3.26. The molecule has 0 saturated carbocycles. The molecule has 0 bridgehead atoms. The fourth-order valence-corrected chi connectivity index (χ4v) is 3.63. The van der Waals surface area contributed by atoms with Crippen molar-refractivity contribution in [3.63, 3.8) is 0 Å². The van der Waals surface area contributed by atoms with Crippen LogP contribution in [-0.4, -0.2) is 26.6 Å². The minimum absolute atomic E-state index is 0.0935. The average Bonchev–Trinajstić information content (AvgIpc) is 2.48. The van der Waals surface area contributed by atoms with Crippen LogP contribution in [0.3, 0.4) is 0 Å². The Morgan fingerprint density at radius 2 is 1.83 bits per heavy atom. The molecule has 0 radical (unpaired) electrons. The van der Waals surface area contributed by atoms with Crippen molar-refractivity contribution in [2.24, 2.45) is 0 Å². The lowest BCUT2D eigenvalue weighted by Crippen LogP contribution is -2.45. The van der Waals surface area contributed by atoms with Crippen LogP contribution in [0.4, 0.5) is 15.8 Å². The standard InChI is InChI=1S/C16H16BrFN2O3S/c1-11(16(21)19-14-8-6-12(17)7-9-14)20(24(2,22)23)15-5-3-4-13(18)10-15/h3-11H,1-2H3,(H,19,21). The summed E-state index contributed by atoms with van der Waals surface area (Å²) in [5.41, 5.74) is 0.624. The third kappa shape index (κ3) is 4.55. The molecule has 1 N–H and O–H groups in total. The number of halogens is 2. The molecule has 0 spiro atoms. The predicted octanol–water partition coefficient (Wildman–Crippen LogP) is 3.38. The molecule has 2 rings (SSSR count). The summed E-state index contributed by atoms with van der Waals surface area (Å²) in [7, 11) is -3.78. The molecule has 0 aromatic heterocycles. The largest absolute Gasteiger partial charge is 0.324 e. The van der Waals surface area contributed by atoms with Crippen molar-refractivity contribution in [3.8, 4) is 0 Å². The van der Waals surface area contributed by atoms with E-state index in [1.165, 1.54) is 25.1 Å². The number of carbonyl (C=O) groups is 1. The van der Waals surface area contributed by atoms with Crippen molar-refractivity contribution in [2.75, 3.05) is 15.9 Å². The Hall–Kier alpha value is -1.93. The maximum atomic E-state index is 13.4. The molecule has 2 aromatic carbocycles. The van der Waals surface area contributed by atoms with Gasteiger partial charge in [-0.15, -0.1) is 0 Å². The molecule has 5 nitrogen and oxygen atoms in total. The minimum atomic E-state index is -3.78. The Morgan fingerprint density at radius 3 is 2.38 bits per heavy atom. The van der Waals surface area contributed by atoms with Crippen molar-refractivity contribution in [1.29, 1.82) is 0 Å². The Bertz CT molecular complexity index is 841. The highest BCUT2D eigenvalue weighted by molar-refractivity contribution is 9.10. The fourth-order valence-electron chi connectivity index (χ4n) is 2.20. The first-order valence-electron chi connectivity index (χ1n) is 7.00. The van der Waals surface area contributed by atoms with Crippen molar-refractivity contribution in [3.05, 3.63) is 58.8 Å². The smallest absolute Gasteiger partial charge is 0.247 e. The van der Waals surface area contributed by atoms with E-state index >= 15 is 0 Å². The summed E-state index contributed by atoms with van der Waals surface area (Å²) in [6.07, 6.45) is 0.974. The van der Waals surface area contributed by atoms with Crippen LogP contribution in [0.2, 0.25) is 0 Å². The van der Waals surface area contributed by atoms with Gasteiger partial charge in [0.2, 0.25) is 15.9 Å². The second-order valence-electron chi connectivity index (χ2n) is 5.21. The topological polar surface area (TPSA) is 66.5 Å². The molecule has 2 aromatic rings. The lowest BCUT2D eigenvalue weighted by atomic mass is 10.2. The summed E-state index contributed by atoms with van der Waals surface area (Å²) < 4.78 is 39.4. The number of benzene rings is 2. The van der Waals surface area contributed by atoms with Gasteiger partial charge in [-0.05, 0) is 49.4 Å². The molecule has 0 aliphatic heterocycles. The van der Waals surface area contributed by atoms with Crippen LogP contribution in [0.25, 0.3) is 0 Å². The van der Waals surface area contributed by atoms with E-state index < -0.39 is 27.8 Å². The van der Waals surface area contributed by atoms with E-state index in [0.717, 1.165) is 21.1 Å². The number of anilines is 2. The number of carbonyl (C=O) groups excluding carboxylic acids is 1. The lowest BCUT2D eigenvalue weighted by molar-refractivity contribution is -0.116. The van der Waals surface area contributed by atoms with Crippen LogP contribution in [0.1, 0.15) is 6.92 Å². The van der Waals surface area contributed by atoms with Gasteiger partial charge in [0.1, 0.15) is 11.9 Å². The lowest BCUT2D eigenvalue weighted by Gasteiger charge is -2.28. The van der Waals surface area contributed by atoms with Gasteiger partial charge in [-0.2, -0.15) is 0 Å². The molecule has 8 heteroatoms. The van der Waals surface area contributed by atoms with E-state index in [1.54, 1.807) is 24.3 Å². The molecule has 24 heavy (non-hydrogen) atoms. The summed E-state index contributed by atoms with van der Waals surface area (Å²) in [4.78, 5) is 12.4. The van der Waals surface area contributed by atoms with E-state index in [1.807, 2.05) is 0 Å². The van der Waals surface area contributed by atoms with E-state index in [0.29, 0.717) is 5.69 Å². The van der Waals surface area contributed by atoms with Crippen molar-refractivity contribution >= 4 is 43.2 Å². The van der Waals surface area contributed by atoms with E-state index in [4.69, 9.17) is 0 Å². The minimum Gasteiger partial charge on any atom is -0.324 e. The average molecular weight is 415 g/mol. The fraction of sp³-hybridized carbons (Fsp3) is 0.188. The monoisotopic (exact) mass is 414 g/mol. The first-order chi connectivity index (χ1) is 11.2. The van der Waals surface area contributed by atoms with Crippen LogP contribution in [-0.2, 0) is 14.8 Å². The van der Waals surface area contributed by atoms with Gasteiger partial charge in [-0.1, -0.05) is 22.0 Å². The Kier molecular flexibility index (Phi) is 5.61. The van der Waals surface area contributed by atoms with Crippen molar-refractivity contribution < 1.29 is 17.6 Å². The van der Waals surface area contributed by atoms with Crippen molar-refractivity contribution in [1.82, 2.24) is 0 Å². The molecule has 128 valence electrons. The zero-order chi connectivity index (χ0) is 17.9. The highest BCUT2D eigenvalue weighted by Crippen LogP contribution is 2.22. The van der Waals surface area contributed by atoms with E-state index in [-0.39, 0.29) is 5.69 Å². The van der Waals surface area contributed by atoms with Gasteiger partial charge >= 0.3 is 0 Å². The van der Waals surface area contributed by atoms with E-state index in [9.17, 15) is 17.6 Å². The van der Waals surface area contributed by atoms with Gasteiger partial charge < -0.3 is 5.32 Å². The highest BCUT2D eigenvalue weighted by Gasteiger charge is 2.29. The predicted molar refractivity (Wildman–Crippen MR) is 96.0 cm³/mol. The molecule has 0 fully saturated rings. The first-order valence-corrected chi connectivity index (χ1v) is 9.64. The number of sulfonamides is 1. The Balaban J connectivity index is 2.29. The maximum Gasteiger partial charge on any atom is 0.247 e. The summed E-state index contributed by atoms with van der Waals surface area (Å²) in [6, 6.07) is 10.9. The molecule has 1 unspecified atom stereocenters. The van der Waals surface area contributed by atoms with Gasteiger partial charge in [-0.25, -0.2) is 12.8 Å². The molecular formula is C16H16BrFN2O3S. The number of hydrogen-bond acceptors (Lipinski definition) is 3. The number of nitrogens with one attached hydrogen (secondary N) is 1. The normalized spacial score (nSPS) is 12.5. The van der Waals surface area contributed by atoms with Gasteiger partial charge in [-0.3, -0.25) is 9.10 Å². The molecular weight excluding hydrogens is 399 g/mol. The molecule has 0 aliphatic carbocycles. The summed E-state index contributed by atoms with van der Waals surface area (Å²) in [6.45, 7) is 1.44. The second kappa shape index (κ2) is 7.31. The summed E-state index contributed by atoms with van der Waals surface area (Å²) >= 11 is 3.29. The van der Waals surface area contributed by atoms with Crippen LogP contribution in [0.15, 0.2) is 53.0 Å². The molecule has 1 amide bonds. The summed E-state index contributed by atoms with van der Waals surface area (Å²) in [5.74, 6) is -1.10. The van der Waals surface area contributed by atoms with Gasteiger partial charge in [0.15, 0.2) is 0 Å². The third-order valence-corrected chi connectivity index (χ3v) is 5.03. The molecule has 0 aliphatic rings.